The highest BCUT2D eigenvalue weighted by Gasteiger charge is 2.39. The maximum absolute atomic E-state index is 13.4. The molecule has 134 valence electrons. The molecule has 3 rings (SSSR count). The van der Waals surface area contributed by atoms with Gasteiger partial charge in [0.15, 0.2) is 5.69 Å². The van der Waals surface area contributed by atoms with Gasteiger partial charge in [0.2, 0.25) is 0 Å². The summed E-state index contributed by atoms with van der Waals surface area (Å²) in [7, 11) is 0. The lowest BCUT2D eigenvalue weighted by molar-refractivity contribution is -0.140. The number of hydrogen-bond donors (Lipinski definition) is 1. The van der Waals surface area contributed by atoms with Crippen molar-refractivity contribution in [2.24, 2.45) is 0 Å². The van der Waals surface area contributed by atoms with Crippen LogP contribution in [0.4, 0.5) is 18.9 Å². The first kappa shape index (κ1) is 18.1. The van der Waals surface area contributed by atoms with Crippen LogP contribution < -0.4 is 5.32 Å². The minimum atomic E-state index is -4.71. The Kier molecular flexibility index (Phi) is 4.82. The second-order valence-corrected chi connectivity index (χ2v) is 6.89. The molecule has 2 aromatic carbocycles. The molecule has 7 heteroatoms. The van der Waals surface area contributed by atoms with Crippen LogP contribution in [0.25, 0.3) is 10.6 Å². The van der Waals surface area contributed by atoms with Crippen LogP contribution in [-0.4, -0.2) is 10.9 Å². The summed E-state index contributed by atoms with van der Waals surface area (Å²) in [6.07, 6.45) is -4.71. The Balaban J connectivity index is 2.00. The van der Waals surface area contributed by atoms with E-state index in [-0.39, 0.29) is 5.01 Å². The van der Waals surface area contributed by atoms with E-state index in [4.69, 9.17) is 0 Å². The third-order valence-electron chi connectivity index (χ3n) is 3.60. The fourth-order valence-corrected chi connectivity index (χ4v) is 3.59. The smallest absolute Gasteiger partial charge is 0.321 e. The first-order chi connectivity index (χ1) is 12.2. The summed E-state index contributed by atoms with van der Waals surface area (Å²) >= 11 is 0.732. The molecule has 0 fully saturated rings. The van der Waals surface area contributed by atoms with Gasteiger partial charge in [-0.15, -0.1) is 11.3 Å². The van der Waals surface area contributed by atoms with Gasteiger partial charge in [0.25, 0.3) is 5.91 Å². The second-order valence-electron chi connectivity index (χ2n) is 5.89. The molecular formula is C19H15F3N2OS. The number of carbonyl (C=O) groups is 1. The summed E-state index contributed by atoms with van der Waals surface area (Å²) in [5.74, 6) is -0.818. The van der Waals surface area contributed by atoms with Crippen molar-refractivity contribution in [1.29, 1.82) is 0 Å². The Morgan fingerprint density at radius 1 is 1.04 bits per heavy atom. The number of aromatic nitrogens is 1. The maximum Gasteiger partial charge on any atom is 0.435 e. The predicted octanol–water partition coefficient (Wildman–Crippen LogP) is 5.70. The molecule has 1 amide bonds. The molecule has 0 aliphatic heterocycles. The molecule has 0 radical (unpaired) electrons. The van der Waals surface area contributed by atoms with E-state index in [0.29, 0.717) is 11.3 Å². The topological polar surface area (TPSA) is 42.0 Å². The lowest BCUT2D eigenvalue weighted by Crippen LogP contribution is -2.17. The Hall–Kier alpha value is -2.67. The van der Waals surface area contributed by atoms with Crippen LogP contribution in [0.1, 0.15) is 26.5 Å². The van der Waals surface area contributed by atoms with Crippen molar-refractivity contribution in [2.45, 2.75) is 20.0 Å². The van der Waals surface area contributed by atoms with Crippen LogP contribution in [0.5, 0.6) is 0 Å². The molecule has 1 N–H and O–H groups in total. The molecule has 0 saturated heterocycles. The van der Waals surface area contributed by atoms with Crippen LogP contribution in [0.2, 0.25) is 0 Å². The van der Waals surface area contributed by atoms with E-state index in [0.717, 1.165) is 22.5 Å². The van der Waals surface area contributed by atoms with E-state index in [1.54, 1.807) is 42.5 Å². The van der Waals surface area contributed by atoms with Crippen molar-refractivity contribution in [2.75, 3.05) is 5.32 Å². The van der Waals surface area contributed by atoms with Crippen molar-refractivity contribution in [3.63, 3.8) is 0 Å². The van der Waals surface area contributed by atoms with Gasteiger partial charge in [-0.3, -0.25) is 4.79 Å². The summed E-state index contributed by atoms with van der Waals surface area (Å²) in [6, 6.07) is 13.8. The number of hydrogen-bond acceptors (Lipinski definition) is 3. The number of aryl methyl sites for hydroxylation is 2. The Morgan fingerprint density at radius 3 is 2.23 bits per heavy atom. The third kappa shape index (κ3) is 3.94. The van der Waals surface area contributed by atoms with Gasteiger partial charge < -0.3 is 5.32 Å². The number of anilines is 1. The van der Waals surface area contributed by atoms with Gasteiger partial charge in [0.05, 0.1) is 0 Å². The van der Waals surface area contributed by atoms with Crippen LogP contribution in [-0.2, 0) is 6.18 Å². The van der Waals surface area contributed by atoms with E-state index in [2.05, 4.69) is 10.3 Å². The number of alkyl halides is 3. The average molecular weight is 376 g/mol. The zero-order chi connectivity index (χ0) is 18.9. The average Bonchev–Trinajstić information content (AvgIpc) is 3.00. The summed E-state index contributed by atoms with van der Waals surface area (Å²) in [4.78, 5) is 15.7. The first-order valence-corrected chi connectivity index (χ1v) is 8.59. The molecule has 0 unspecified atom stereocenters. The van der Waals surface area contributed by atoms with Gasteiger partial charge in [-0.2, -0.15) is 13.2 Å². The molecule has 0 aliphatic rings. The molecule has 3 nitrogen and oxygen atoms in total. The third-order valence-corrected chi connectivity index (χ3v) is 4.71. The SMILES string of the molecule is Cc1cc(C)cc(NC(=O)c2sc(-c3ccccc3)nc2C(F)(F)F)c1. The van der Waals surface area contributed by atoms with E-state index >= 15 is 0 Å². The van der Waals surface area contributed by atoms with E-state index < -0.39 is 22.7 Å². The van der Waals surface area contributed by atoms with Crippen molar-refractivity contribution in [3.8, 4) is 10.6 Å². The fourth-order valence-electron chi connectivity index (χ4n) is 2.61. The number of nitrogens with zero attached hydrogens (tertiary/aromatic N) is 1. The summed E-state index contributed by atoms with van der Waals surface area (Å²) in [6.45, 7) is 3.70. The van der Waals surface area contributed by atoms with Gasteiger partial charge in [-0.1, -0.05) is 36.4 Å². The number of rotatable bonds is 3. The molecule has 0 bridgehead atoms. The first-order valence-electron chi connectivity index (χ1n) is 7.77. The number of nitrogens with one attached hydrogen (secondary N) is 1. The van der Waals surface area contributed by atoms with Crippen LogP contribution in [0, 0.1) is 13.8 Å². The lowest BCUT2D eigenvalue weighted by Gasteiger charge is -2.08. The lowest BCUT2D eigenvalue weighted by atomic mass is 10.1. The number of amides is 1. The normalized spacial score (nSPS) is 11.4. The van der Waals surface area contributed by atoms with Gasteiger partial charge in [-0.25, -0.2) is 4.98 Å². The second kappa shape index (κ2) is 6.92. The van der Waals surface area contributed by atoms with E-state index in [9.17, 15) is 18.0 Å². The van der Waals surface area contributed by atoms with Crippen LogP contribution >= 0.6 is 11.3 Å². The molecule has 0 spiro atoms. The summed E-state index contributed by atoms with van der Waals surface area (Å²) in [5.41, 5.74) is 1.64. The fraction of sp³-hybridized carbons (Fsp3) is 0.158. The minimum absolute atomic E-state index is 0.156. The zero-order valence-corrected chi connectivity index (χ0v) is 14.8. The number of halogens is 3. The van der Waals surface area contributed by atoms with Crippen molar-refractivity contribution in [1.82, 2.24) is 4.98 Å². The molecular weight excluding hydrogens is 361 g/mol. The van der Waals surface area contributed by atoms with Gasteiger partial charge in [0, 0.05) is 11.3 Å². The quantitative estimate of drug-likeness (QED) is 0.637. The van der Waals surface area contributed by atoms with Gasteiger partial charge >= 0.3 is 6.18 Å². The number of carbonyl (C=O) groups excluding carboxylic acids is 1. The molecule has 1 heterocycles. The van der Waals surface area contributed by atoms with Crippen molar-refractivity contribution < 1.29 is 18.0 Å². The Bertz CT molecular complexity index is 929. The molecule has 26 heavy (non-hydrogen) atoms. The van der Waals surface area contributed by atoms with Crippen molar-refractivity contribution in [3.05, 3.63) is 70.2 Å². The Labute approximate surface area is 152 Å². The van der Waals surface area contributed by atoms with Crippen LogP contribution in [0.3, 0.4) is 0 Å². The monoisotopic (exact) mass is 376 g/mol. The highest BCUT2D eigenvalue weighted by atomic mass is 32.1. The zero-order valence-electron chi connectivity index (χ0n) is 14.0. The minimum Gasteiger partial charge on any atom is -0.321 e. The van der Waals surface area contributed by atoms with Crippen LogP contribution in [0.15, 0.2) is 48.5 Å². The molecule has 1 aromatic heterocycles. The molecule has 3 aromatic rings. The highest BCUT2D eigenvalue weighted by Crippen LogP contribution is 2.38. The summed E-state index contributed by atoms with van der Waals surface area (Å²) in [5, 5.41) is 2.70. The predicted molar refractivity (Wildman–Crippen MR) is 96.4 cm³/mol. The number of benzene rings is 2. The van der Waals surface area contributed by atoms with E-state index in [1.165, 1.54) is 0 Å². The largest absolute Gasteiger partial charge is 0.435 e. The van der Waals surface area contributed by atoms with Gasteiger partial charge in [-0.05, 0) is 37.1 Å². The number of thiazole rings is 1. The Morgan fingerprint density at radius 2 is 1.65 bits per heavy atom. The maximum atomic E-state index is 13.4. The molecule has 0 atom stereocenters. The molecule has 0 aliphatic carbocycles. The van der Waals surface area contributed by atoms with Crippen molar-refractivity contribution >= 4 is 22.9 Å². The summed E-state index contributed by atoms with van der Waals surface area (Å²) < 4.78 is 40.1. The van der Waals surface area contributed by atoms with E-state index in [1.807, 2.05) is 19.9 Å². The highest BCUT2D eigenvalue weighted by molar-refractivity contribution is 7.17. The standard InChI is InChI=1S/C19H15F3N2OS/c1-11-8-12(2)10-14(9-11)23-17(25)15-16(19(20,21)22)24-18(26-15)13-6-4-3-5-7-13/h3-10H,1-2H3,(H,23,25). The molecule has 0 saturated carbocycles. The van der Waals surface area contributed by atoms with Gasteiger partial charge in [0.1, 0.15) is 9.88 Å².